The first-order valence-corrected chi connectivity index (χ1v) is 14.7. The average molecular weight is 484 g/mol. The van der Waals surface area contributed by atoms with Gasteiger partial charge in [0.1, 0.15) is 11.4 Å². The number of benzene rings is 1. The Balaban J connectivity index is 1.72. The smallest absolute Gasteiger partial charge is 0.126 e. The summed E-state index contributed by atoms with van der Waals surface area (Å²) in [6.07, 6.45) is 17.9. The van der Waals surface area contributed by atoms with Crippen LogP contribution in [0.4, 0.5) is 5.69 Å². The third-order valence-corrected chi connectivity index (χ3v) is 8.71. The van der Waals surface area contributed by atoms with Crippen molar-refractivity contribution in [2.75, 3.05) is 5.73 Å². The maximum atomic E-state index is 6.66. The number of rotatable bonds is 14. The highest BCUT2D eigenvalue weighted by Crippen LogP contribution is 2.43. The highest BCUT2D eigenvalue weighted by molar-refractivity contribution is 5.65. The second-order valence-electron chi connectivity index (χ2n) is 12.8. The Labute approximate surface area is 218 Å². The van der Waals surface area contributed by atoms with E-state index >= 15 is 0 Å². The molecule has 3 unspecified atom stereocenters. The van der Waals surface area contributed by atoms with Crippen molar-refractivity contribution in [2.24, 2.45) is 17.8 Å². The average Bonchev–Trinajstić information content (AvgIpc) is 2.80. The molecular weight excluding hydrogens is 426 g/mol. The van der Waals surface area contributed by atoms with Crippen molar-refractivity contribution >= 4 is 5.69 Å². The highest BCUT2D eigenvalue weighted by Gasteiger charge is 2.33. The van der Waals surface area contributed by atoms with Crippen LogP contribution in [0.5, 0.6) is 5.75 Å². The molecule has 0 amide bonds. The Morgan fingerprint density at radius 3 is 2.06 bits per heavy atom. The fraction of sp³-hybridized carbons (Fsp3) is 0.758. The standard InChI is InChI=1S/C33H57NO/c1-23(2)13-10-14-24(3)15-11-16-25(4)17-12-18-26(5)19-21-33(9)22-20-30-29(8)31(34)27(6)28(7)32(30)35-33/h19,23-25H,10-18,20-22,34H2,1-9H3/b26-19+. The van der Waals surface area contributed by atoms with Crippen LogP contribution in [0.25, 0.3) is 0 Å². The van der Waals surface area contributed by atoms with Gasteiger partial charge in [-0.05, 0) is 100 Å². The van der Waals surface area contributed by atoms with Gasteiger partial charge in [0.2, 0.25) is 0 Å². The van der Waals surface area contributed by atoms with Crippen molar-refractivity contribution in [1.29, 1.82) is 0 Å². The molecular formula is C33H57NO. The van der Waals surface area contributed by atoms with Gasteiger partial charge in [-0.15, -0.1) is 0 Å². The van der Waals surface area contributed by atoms with Gasteiger partial charge in [0.25, 0.3) is 0 Å². The number of allylic oxidation sites excluding steroid dienone is 1. The maximum absolute atomic E-state index is 6.66. The second kappa shape index (κ2) is 13.8. The molecule has 0 bridgehead atoms. The molecule has 0 fully saturated rings. The third-order valence-electron chi connectivity index (χ3n) is 8.71. The van der Waals surface area contributed by atoms with E-state index in [1.807, 2.05) is 0 Å². The molecule has 2 nitrogen and oxygen atoms in total. The zero-order valence-corrected chi connectivity index (χ0v) is 24.8. The van der Waals surface area contributed by atoms with Gasteiger partial charge in [0.15, 0.2) is 0 Å². The van der Waals surface area contributed by atoms with Crippen LogP contribution < -0.4 is 10.5 Å². The fourth-order valence-corrected chi connectivity index (χ4v) is 5.68. The molecule has 35 heavy (non-hydrogen) atoms. The number of hydrogen-bond donors (Lipinski definition) is 1. The molecule has 0 saturated carbocycles. The largest absolute Gasteiger partial charge is 0.487 e. The van der Waals surface area contributed by atoms with Crippen molar-refractivity contribution in [1.82, 2.24) is 0 Å². The molecule has 2 N–H and O–H groups in total. The quantitative estimate of drug-likeness (QED) is 0.211. The minimum absolute atomic E-state index is 0.118. The van der Waals surface area contributed by atoms with Crippen LogP contribution >= 0.6 is 0 Å². The lowest BCUT2D eigenvalue weighted by Gasteiger charge is -2.37. The molecule has 0 spiro atoms. The lowest BCUT2D eigenvalue weighted by atomic mass is 9.85. The molecule has 0 saturated heterocycles. The van der Waals surface area contributed by atoms with Gasteiger partial charge in [-0.3, -0.25) is 0 Å². The zero-order chi connectivity index (χ0) is 26.2. The van der Waals surface area contributed by atoms with Crippen LogP contribution in [0.1, 0.15) is 134 Å². The van der Waals surface area contributed by atoms with E-state index in [2.05, 4.69) is 68.4 Å². The topological polar surface area (TPSA) is 35.2 Å². The predicted molar refractivity (Wildman–Crippen MR) is 156 cm³/mol. The minimum atomic E-state index is -0.118. The van der Waals surface area contributed by atoms with Gasteiger partial charge < -0.3 is 10.5 Å². The number of anilines is 1. The molecule has 2 rings (SSSR count). The predicted octanol–water partition coefficient (Wildman–Crippen LogP) is 10.1. The Hall–Kier alpha value is -1.44. The van der Waals surface area contributed by atoms with Gasteiger partial charge in [-0.1, -0.05) is 84.3 Å². The van der Waals surface area contributed by atoms with E-state index in [9.17, 15) is 0 Å². The van der Waals surface area contributed by atoms with E-state index in [0.29, 0.717) is 0 Å². The second-order valence-corrected chi connectivity index (χ2v) is 12.8. The lowest BCUT2D eigenvalue weighted by Crippen LogP contribution is -2.36. The van der Waals surface area contributed by atoms with Gasteiger partial charge in [0.05, 0.1) is 0 Å². The molecule has 1 aliphatic heterocycles. The van der Waals surface area contributed by atoms with E-state index in [-0.39, 0.29) is 5.60 Å². The van der Waals surface area contributed by atoms with Crippen LogP contribution in [0.15, 0.2) is 11.6 Å². The summed E-state index contributed by atoms with van der Waals surface area (Å²) in [5.74, 6) is 3.70. The van der Waals surface area contributed by atoms with E-state index in [1.165, 1.54) is 85.6 Å². The number of nitrogen functional groups attached to an aromatic ring is 1. The summed E-state index contributed by atoms with van der Waals surface area (Å²) in [4.78, 5) is 0. The van der Waals surface area contributed by atoms with Crippen molar-refractivity contribution in [3.63, 3.8) is 0 Å². The Kier molecular flexibility index (Phi) is 11.7. The number of ether oxygens (including phenoxy) is 1. The van der Waals surface area contributed by atoms with Crippen LogP contribution in [0.2, 0.25) is 0 Å². The molecule has 1 aromatic rings. The maximum Gasteiger partial charge on any atom is 0.126 e. The summed E-state index contributed by atoms with van der Waals surface area (Å²) in [6.45, 7) is 20.6. The Morgan fingerprint density at radius 2 is 1.46 bits per heavy atom. The molecule has 3 atom stereocenters. The zero-order valence-electron chi connectivity index (χ0n) is 24.8. The van der Waals surface area contributed by atoms with Crippen molar-refractivity contribution < 1.29 is 4.74 Å². The Morgan fingerprint density at radius 1 is 0.886 bits per heavy atom. The van der Waals surface area contributed by atoms with Gasteiger partial charge in [0, 0.05) is 12.1 Å². The molecule has 0 aliphatic carbocycles. The van der Waals surface area contributed by atoms with Crippen LogP contribution in [0, 0.1) is 38.5 Å². The summed E-state index contributed by atoms with van der Waals surface area (Å²) in [5.41, 5.74) is 13.6. The van der Waals surface area contributed by atoms with Crippen molar-refractivity contribution in [2.45, 2.75) is 145 Å². The van der Waals surface area contributed by atoms with E-state index in [1.54, 1.807) is 0 Å². The molecule has 2 heteroatoms. The number of hydrogen-bond acceptors (Lipinski definition) is 2. The van der Waals surface area contributed by atoms with E-state index in [4.69, 9.17) is 10.5 Å². The first-order valence-electron chi connectivity index (χ1n) is 14.7. The van der Waals surface area contributed by atoms with Gasteiger partial charge >= 0.3 is 0 Å². The molecule has 1 aliphatic rings. The van der Waals surface area contributed by atoms with Gasteiger partial charge in [-0.25, -0.2) is 0 Å². The minimum Gasteiger partial charge on any atom is -0.487 e. The van der Waals surface area contributed by atoms with Crippen LogP contribution in [0.3, 0.4) is 0 Å². The SMILES string of the molecule is C/C(=C\CC1(C)CCc2c(C)c(N)c(C)c(C)c2O1)CCCC(C)CCCC(C)CCCC(C)C. The lowest BCUT2D eigenvalue weighted by molar-refractivity contribution is 0.0667. The van der Waals surface area contributed by atoms with E-state index in [0.717, 1.165) is 48.5 Å². The molecule has 1 heterocycles. The summed E-state index contributed by atoms with van der Waals surface area (Å²) in [6, 6.07) is 0. The van der Waals surface area contributed by atoms with Crippen LogP contribution in [-0.4, -0.2) is 5.60 Å². The van der Waals surface area contributed by atoms with Crippen molar-refractivity contribution in [3.8, 4) is 5.75 Å². The normalized spacial score (nSPS) is 20.0. The van der Waals surface area contributed by atoms with Crippen molar-refractivity contribution in [3.05, 3.63) is 33.9 Å². The van der Waals surface area contributed by atoms with Crippen LogP contribution in [-0.2, 0) is 6.42 Å². The number of fused-ring (bicyclic) bond motifs is 1. The number of nitrogens with two attached hydrogens (primary N) is 1. The molecule has 0 aromatic heterocycles. The highest BCUT2D eigenvalue weighted by atomic mass is 16.5. The first-order chi connectivity index (χ1) is 16.4. The van der Waals surface area contributed by atoms with Gasteiger partial charge in [-0.2, -0.15) is 0 Å². The third kappa shape index (κ3) is 9.18. The molecule has 0 radical (unpaired) electrons. The summed E-state index contributed by atoms with van der Waals surface area (Å²) < 4.78 is 6.66. The fourth-order valence-electron chi connectivity index (χ4n) is 5.68. The first kappa shape index (κ1) is 29.8. The summed E-state index contributed by atoms with van der Waals surface area (Å²) in [7, 11) is 0. The molecule has 1 aromatic carbocycles. The monoisotopic (exact) mass is 483 g/mol. The van der Waals surface area contributed by atoms with E-state index < -0.39 is 0 Å². The summed E-state index contributed by atoms with van der Waals surface area (Å²) in [5, 5.41) is 0. The Bertz CT molecular complexity index is 836. The molecule has 200 valence electrons. The summed E-state index contributed by atoms with van der Waals surface area (Å²) >= 11 is 0.